The molecule has 0 atom stereocenters. The van der Waals surface area contributed by atoms with Crippen LogP contribution < -0.4 is 14.8 Å². The Morgan fingerprint density at radius 3 is 2.52 bits per heavy atom. The van der Waals surface area contributed by atoms with Gasteiger partial charge in [-0.1, -0.05) is 11.6 Å². The highest BCUT2D eigenvalue weighted by Gasteiger charge is 2.12. The molecule has 0 aliphatic heterocycles. The van der Waals surface area contributed by atoms with E-state index in [0.717, 1.165) is 5.69 Å². The molecular weight excluding hydrogens is 290 g/mol. The summed E-state index contributed by atoms with van der Waals surface area (Å²) in [5.74, 6) is 1.50. The Morgan fingerprint density at radius 2 is 1.90 bits per heavy atom. The lowest BCUT2D eigenvalue weighted by Crippen LogP contribution is -2.01. The van der Waals surface area contributed by atoms with Crippen LogP contribution in [0.15, 0.2) is 24.3 Å². The number of halogens is 1. The molecule has 2 aromatic rings. The zero-order valence-electron chi connectivity index (χ0n) is 11.9. The Labute approximate surface area is 128 Å². The van der Waals surface area contributed by atoms with Crippen molar-refractivity contribution in [3.8, 4) is 17.6 Å². The Balaban J connectivity index is 2.48. The van der Waals surface area contributed by atoms with Gasteiger partial charge in [-0.15, -0.1) is 0 Å². The first-order valence-corrected chi connectivity index (χ1v) is 6.53. The predicted molar refractivity (Wildman–Crippen MR) is 81.5 cm³/mol. The Hall–Kier alpha value is -2.45. The highest BCUT2D eigenvalue weighted by molar-refractivity contribution is 6.32. The summed E-state index contributed by atoms with van der Waals surface area (Å²) in [6, 6.07) is 8.94. The van der Waals surface area contributed by atoms with Crippen LogP contribution in [-0.2, 0) is 0 Å². The van der Waals surface area contributed by atoms with Gasteiger partial charge in [0, 0.05) is 17.8 Å². The van der Waals surface area contributed by atoms with Crippen molar-refractivity contribution in [2.45, 2.75) is 6.92 Å². The van der Waals surface area contributed by atoms with Gasteiger partial charge in [0.25, 0.3) is 0 Å². The van der Waals surface area contributed by atoms with E-state index in [1.54, 1.807) is 24.3 Å². The third kappa shape index (κ3) is 3.18. The average molecular weight is 304 g/mol. The molecule has 0 aliphatic rings. The molecule has 21 heavy (non-hydrogen) atoms. The summed E-state index contributed by atoms with van der Waals surface area (Å²) in [5.41, 5.74) is 1.86. The van der Waals surface area contributed by atoms with Crippen LogP contribution >= 0.6 is 11.6 Å². The standard InChI is InChI=1S/C15H14ClN3O2/c1-9-4-5-10(8-17)15(18-9)19-12-7-13(20-2)11(16)6-14(12)21-3/h4-7H,1-3H3,(H,18,19). The van der Waals surface area contributed by atoms with E-state index in [9.17, 15) is 0 Å². The maximum Gasteiger partial charge on any atom is 0.148 e. The fourth-order valence-electron chi connectivity index (χ4n) is 1.83. The second kappa shape index (κ2) is 6.33. The normalized spacial score (nSPS) is 9.86. The largest absolute Gasteiger partial charge is 0.495 e. The molecule has 0 spiro atoms. The average Bonchev–Trinajstić information content (AvgIpc) is 2.48. The van der Waals surface area contributed by atoms with Gasteiger partial charge >= 0.3 is 0 Å². The van der Waals surface area contributed by atoms with Crippen LogP contribution in [0, 0.1) is 18.3 Å². The molecule has 0 radical (unpaired) electrons. The fourth-order valence-corrected chi connectivity index (χ4v) is 2.06. The van der Waals surface area contributed by atoms with Crippen LogP contribution in [0.4, 0.5) is 11.5 Å². The molecule has 0 aliphatic carbocycles. The topological polar surface area (TPSA) is 67.2 Å². The van der Waals surface area contributed by atoms with Gasteiger partial charge in [0.05, 0.1) is 30.5 Å². The van der Waals surface area contributed by atoms with E-state index in [4.69, 9.17) is 26.3 Å². The van der Waals surface area contributed by atoms with Crippen molar-refractivity contribution in [3.63, 3.8) is 0 Å². The molecule has 5 nitrogen and oxygen atoms in total. The van der Waals surface area contributed by atoms with Gasteiger partial charge < -0.3 is 14.8 Å². The minimum Gasteiger partial charge on any atom is -0.495 e. The first kappa shape index (κ1) is 14.9. The molecule has 2 rings (SSSR count). The number of nitrogens with one attached hydrogen (secondary N) is 1. The number of hydrogen-bond acceptors (Lipinski definition) is 5. The molecule has 0 saturated carbocycles. The minimum absolute atomic E-state index is 0.441. The minimum atomic E-state index is 0.441. The molecule has 1 N–H and O–H groups in total. The highest BCUT2D eigenvalue weighted by atomic mass is 35.5. The molecular formula is C15H14ClN3O2. The quantitative estimate of drug-likeness (QED) is 0.933. The van der Waals surface area contributed by atoms with E-state index in [1.165, 1.54) is 14.2 Å². The lowest BCUT2D eigenvalue weighted by molar-refractivity contribution is 0.405. The van der Waals surface area contributed by atoms with E-state index in [2.05, 4.69) is 16.4 Å². The van der Waals surface area contributed by atoms with E-state index in [0.29, 0.717) is 33.6 Å². The van der Waals surface area contributed by atoms with Crippen LogP contribution in [0.25, 0.3) is 0 Å². The van der Waals surface area contributed by atoms with E-state index < -0.39 is 0 Å². The van der Waals surface area contributed by atoms with Crippen molar-refractivity contribution in [2.24, 2.45) is 0 Å². The second-order valence-corrected chi connectivity index (χ2v) is 4.68. The third-order valence-electron chi connectivity index (χ3n) is 2.88. The molecule has 0 fully saturated rings. The monoisotopic (exact) mass is 303 g/mol. The Kier molecular flexibility index (Phi) is 4.51. The van der Waals surface area contributed by atoms with Crippen molar-refractivity contribution >= 4 is 23.1 Å². The molecule has 0 bridgehead atoms. The summed E-state index contributed by atoms with van der Waals surface area (Å²) >= 11 is 6.07. The number of rotatable bonds is 4. The Bertz CT molecular complexity index is 711. The molecule has 1 aromatic heterocycles. The number of methoxy groups -OCH3 is 2. The molecule has 1 aromatic carbocycles. The zero-order valence-corrected chi connectivity index (χ0v) is 12.7. The SMILES string of the molecule is COc1cc(Nc2nc(C)ccc2C#N)c(OC)cc1Cl. The first-order chi connectivity index (χ1) is 10.1. The van der Waals surface area contributed by atoms with Crippen LogP contribution in [0.2, 0.25) is 5.02 Å². The summed E-state index contributed by atoms with van der Waals surface area (Å²) < 4.78 is 10.5. The van der Waals surface area contributed by atoms with E-state index >= 15 is 0 Å². The van der Waals surface area contributed by atoms with E-state index in [1.807, 2.05) is 6.92 Å². The van der Waals surface area contributed by atoms with Crippen molar-refractivity contribution < 1.29 is 9.47 Å². The van der Waals surface area contributed by atoms with E-state index in [-0.39, 0.29) is 0 Å². The number of nitriles is 1. The highest BCUT2D eigenvalue weighted by Crippen LogP contribution is 2.37. The smallest absolute Gasteiger partial charge is 0.148 e. The van der Waals surface area contributed by atoms with Gasteiger partial charge in [-0.3, -0.25) is 0 Å². The molecule has 0 unspecified atom stereocenters. The summed E-state index contributed by atoms with van der Waals surface area (Å²) in [6.45, 7) is 1.85. The summed E-state index contributed by atoms with van der Waals surface area (Å²) in [6.07, 6.45) is 0. The lowest BCUT2D eigenvalue weighted by atomic mass is 10.2. The summed E-state index contributed by atoms with van der Waals surface area (Å²) in [5, 5.41) is 12.7. The van der Waals surface area contributed by atoms with Crippen molar-refractivity contribution in [1.29, 1.82) is 5.26 Å². The fraction of sp³-hybridized carbons (Fsp3) is 0.200. The van der Waals surface area contributed by atoms with Crippen molar-refractivity contribution in [2.75, 3.05) is 19.5 Å². The molecule has 0 saturated heterocycles. The van der Waals surface area contributed by atoms with Gasteiger partial charge in [0.15, 0.2) is 0 Å². The van der Waals surface area contributed by atoms with Gasteiger partial charge in [-0.25, -0.2) is 4.98 Å². The maximum absolute atomic E-state index is 9.15. The van der Waals surface area contributed by atoms with Gasteiger partial charge in [-0.2, -0.15) is 5.26 Å². The third-order valence-corrected chi connectivity index (χ3v) is 3.18. The molecule has 6 heteroatoms. The maximum atomic E-state index is 9.15. The van der Waals surface area contributed by atoms with Gasteiger partial charge in [0.2, 0.25) is 0 Å². The van der Waals surface area contributed by atoms with Crippen LogP contribution in [0.5, 0.6) is 11.5 Å². The summed E-state index contributed by atoms with van der Waals surface area (Å²) in [4.78, 5) is 4.33. The number of aromatic nitrogens is 1. The Morgan fingerprint density at radius 1 is 1.19 bits per heavy atom. The zero-order chi connectivity index (χ0) is 15.4. The van der Waals surface area contributed by atoms with Crippen molar-refractivity contribution in [3.05, 3.63) is 40.5 Å². The number of ether oxygens (including phenoxy) is 2. The predicted octanol–water partition coefficient (Wildman–Crippen LogP) is 3.68. The molecule has 0 amide bonds. The lowest BCUT2D eigenvalue weighted by Gasteiger charge is -2.14. The number of hydrogen-bond donors (Lipinski definition) is 1. The second-order valence-electron chi connectivity index (χ2n) is 4.27. The number of anilines is 2. The van der Waals surface area contributed by atoms with Crippen LogP contribution in [0.3, 0.4) is 0 Å². The number of aryl methyl sites for hydroxylation is 1. The van der Waals surface area contributed by atoms with Crippen LogP contribution in [0.1, 0.15) is 11.3 Å². The summed E-state index contributed by atoms with van der Waals surface area (Å²) in [7, 11) is 3.07. The van der Waals surface area contributed by atoms with Gasteiger partial charge in [0.1, 0.15) is 23.4 Å². The van der Waals surface area contributed by atoms with Gasteiger partial charge in [-0.05, 0) is 19.1 Å². The first-order valence-electron chi connectivity index (χ1n) is 6.15. The molecule has 1 heterocycles. The number of benzene rings is 1. The number of nitrogens with zero attached hydrogens (tertiary/aromatic N) is 2. The molecule has 108 valence electrons. The van der Waals surface area contributed by atoms with Crippen LogP contribution in [-0.4, -0.2) is 19.2 Å². The van der Waals surface area contributed by atoms with Crippen molar-refractivity contribution in [1.82, 2.24) is 4.98 Å². The number of pyridine rings is 1.